The molecule has 0 heterocycles. The van der Waals surface area contributed by atoms with Gasteiger partial charge in [-0.15, -0.1) is 0 Å². The van der Waals surface area contributed by atoms with E-state index in [-0.39, 0.29) is 11.6 Å². The lowest BCUT2D eigenvalue weighted by Gasteiger charge is -2.14. The molecule has 0 radical (unpaired) electrons. The molecule has 1 aromatic rings. The number of rotatable bonds is 6. The molecule has 0 amide bonds. The minimum absolute atomic E-state index is 0.214. The first kappa shape index (κ1) is 14.2. The van der Waals surface area contributed by atoms with Crippen molar-refractivity contribution in [2.45, 2.75) is 25.9 Å². The first-order chi connectivity index (χ1) is 9.13. The summed E-state index contributed by atoms with van der Waals surface area (Å²) in [6.45, 7) is 2.52. The second-order valence-electron chi connectivity index (χ2n) is 4.57. The molecule has 0 saturated heterocycles. The van der Waals surface area contributed by atoms with Crippen molar-refractivity contribution >= 4 is 17.6 Å². The van der Waals surface area contributed by atoms with Crippen molar-refractivity contribution in [2.24, 2.45) is 5.92 Å². The van der Waals surface area contributed by atoms with Crippen LogP contribution in [0.1, 0.15) is 31.4 Å². The van der Waals surface area contributed by atoms with Gasteiger partial charge in [-0.05, 0) is 31.7 Å². The van der Waals surface area contributed by atoms with Gasteiger partial charge in [-0.3, -0.25) is 0 Å². The minimum atomic E-state index is -1.38. The Labute approximate surface area is 117 Å². The average Bonchev–Trinajstić information content (AvgIpc) is 3.21. The van der Waals surface area contributed by atoms with Crippen molar-refractivity contribution in [1.29, 1.82) is 0 Å². The molecule has 1 unspecified atom stereocenters. The Balaban J connectivity index is 2.10. The summed E-state index contributed by atoms with van der Waals surface area (Å²) in [6.07, 6.45) is 0.989. The molecule has 0 aromatic heterocycles. The summed E-state index contributed by atoms with van der Waals surface area (Å²) in [5.41, 5.74) is 0.313. The third kappa shape index (κ3) is 3.61. The monoisotopic (exact) mass is 284 g/mol. The van der Waals surface area contributed by atoms with Crippen molar-refractivity contribution in [3.63, 3.8) is 0 Å². The van der Waals surface area contributed by atoms with Crippen LogP contribution in [0.25, 0.3) is 0 Å². The smallest absolute Gasteiger partial charge is 0.339 e. The van der Waals surface area contributed by atoms with Gasteiger partial charge in [0.25, 0.3) is 0 Å². The van der Waals surface area contributed by atoms with Gasteiger partial charge in [0.2, 0.25) is 0 Å². The van der Waals surface area contributed by atoms with Crippen LogP contribution < -0.4 is 4.74 Å². The Kier molecular flexibility index (Phi) is 4.66. The number of carbonyl (C=O) groups excluding carboxylic acids is 1. The molecule has 4 nitrogen and oxygen atoms in total. The predicted molar refractivity (Wildman–Crippen MR) is 71.3 cm³/mol. The van der Waals surface area contributed by atoms with E-state index in [1.54, 1.807) is 25.1 Å². The van der Waals surface area contributed by atoms with Gasteiger partial charge in [0.15, 0.2) is 6.10 Å². The Hall–Kier alpha value is -1.26. The van der Waals surface area contributed by atoms with Gasteiger partial charge in [0, 0.05) is 5.56 Å². The van der Waals surface area contributed by atoms with Crippen molar-refractivity contribution in [2.75, 3.05) is 13.2 Å². The lowest BCUT2D eigenvalue weighted by Crippen LogP contribution is -2.16. The van der Waals surface area contributed by atoms with Gasteiger partial charge in [-0.25, -0.2) is 4.79 Å². The third-order valence-electron chi connectivity index (χ3n) is 2.97. The van der Waals surface area contributed by atoms with E-state index in [4.69, 9.17) is 21.1 Å². The van der Waals surface area contributed by atoms with Crippen LogP contribution in [-0.4, -0.2) is 24.3 Å². The van der Waals surface area contributed by atoms with E-state index in [1.165, 1.54) is 12.8 Å². The maximum atomic E-state index is 11.5. The van der Waals surface area contributed by atoms with Gasteiger partial charge in [0.1, 0.15) is 5.75 Å². The summed E-state index contributed by atoms with van der Waals surface area (Å²) in [5.74, 6) is 0.396. The van der Waals surface area contributed by atoms with E-state index in [1.807, 2.05) is 0 Å². The highest BCUT2D eigenvalue weighted by atomic mass is 35.5. The molecule has 1 fully saturated rings. The number of benzene rings is 1. The van der Waals surface area contributed by atoms with Crippen LogP contribution in [-0.2, 0) is 9.53 Å². The fraction of sp³-hybridized carbons (Fsp3) is 0.500. The summed E-state index contributed by atoms with van der Waals surface area (Å²) in [5, 5.41) is 10.2. The van der Waals surface area contributed by atoms with Crippen LogP contribution >= 0.6 is 11.6 Å². The van der Waals surface area contributed by atoms with Crippen molar-refractivity contribution < 1.29 is 19.4 Å². The molecule has 0 aliphatic heterocycles. The predicted octanol–water partition coefficient (Wildman–Crippen LogP) is 2.73. The van der Waals surface area contributed by atoms with Crippen molar-refractivity contribution in [1.82, 2.24) is 0 Å². The highest BCUT2D eigenvalue weighted by Gasteiger charge is 2.25. The molecular weight excluding hydrogens is 268 g/mol. The fourth-order valence-electron chi connectivity index (χ4n) is 1.69. The summed E-state index contributed by atoms with van der Waals surface area (Å²) in [4.78, 5) is 11.5. The Morgan fingerprint density at radius 2 is 2.26 bits per heavy atom. The molecule has 5 heteroatoms. The van der Waals surface area contributed by atoms with Gasteiger partial charge in [-0.1, -0.05) is 23.7 Å². The van der Waals surface area contributed by atoms with Crippen LogP contribution in [0.5, 0.6) is 5.75 Å². The van der Waals surface area contributed by atoms with E-state index >= 15 is 0 Å². The summed E-state index contributed by atoms with van der Waals surface area (Å²) >= 11 is 6.16. The van der Waals surface area contributed by atoms with Crippen LogP contribution in [0.3, 0.4) is 0 Å². The second-order valence-corrected chi connectivity index (χ2v) is 4.95. The zero-order chi connectivity index (χ0) is 13.8. The van der Waals surface area contributed by atoms with Crippen LogP contribution in [0.2, 0.25) is 5.02 Å². The van der Waals surface area contributed by atoms with E-state index < -0.39 is 12.1 Å². The molecule has 0 spiro atoms. The number of esters is 1. The second kappa shape index (κ2) is 6.26. The van der Waals surface area contributed by atoms with E-state index in [0.29, 0.717) is 23.8 Å². The van der Waals surface area contributed by atoms with Gasteiger partial charge < -0.3 is 14.6 Å². The topological polar surface area (TPSA) is 55.8 Å². The zero-order valence-corrected chi connectivity index (χ0v) is 11.5. The first-order valence-corrected chi connectivity index (χ1v) is 6.77. The molecule has 1 aromatic carbocycles. The number of aliphatic hydroxyl groups is 1. The fourth-order valence-corrected chi connectivity index (χ4v) is 1.97. The molecule has 2 rings (SSSR count). The molecule has 1 N–H and O–H groups in total. The lowest BCUT2D eigenvalue weighted by molar-refractivity contribution is -0.153. The molecule has 1 saturated carbocycles. The highest BCUT2D eigenvalue weighted by molar-refractivity contribution is 6.33. The van der Waals surface area contributed by atoms with E-state index in [9.17, 15) is 9.90 Å². The molecule has 19 heavy (non-hydrogen) atoms. The summed E-state index contributed by atoms with van der Waals surface area (Å²) < 4.78 is 10.4. The maximum absolute atomic E-state index is 11.5. The molecular formula is C14H17ClO4. The van der Waals surface area contributed by atoms with Crippen molar-refractivity contribution in [3.8, 4) is 5.75 Å². The highest BCUT2D eigenvalue weighted by Crippen LogP contribution is 2.35. The van der Waals surface area contributed by atoms with Gasteiger partial charge >= 0.3 is 5.97 Å². The zero-order valence-electron chi connectivity index (χ0n) is 10.8. The van der Waals surface area contributed by atoms with Gasteiger partial charge in [-0.2, -0.15) is 0 Å². The van der Waals surface area contributed by atoms with Crippen LogP contribution in [0.15, 0.2) is 18.2 Å². The van der Waals surface area contributed by atoms with Crippen molar-refractivity contribution in [3.05, 3.63) is 28.8 Å². The number of hydrogen-bond donors (Lipinski definition) is 1. The molecule has 1 atom stereocenters. The third-order valence-corrected chi connectivity index (χ3v) is 3.37. The quantitative estimate of drug-likeness (QED) is 0.816. The lowest BCUT2D eigenvalue weighted by atomic mass is 10.1. The number of hydrogen-bond acceptors (Lipinski definition) is 4. The minimum Gasteiger partial charge on any atom is -0.492 e. The summed E-state index contributed by atoms with van der Waals surface area (Å²) in [7, 11) is 0. The Bertz CT molecular complexity index is 457. The van der Waals surface area contributed by atoms with Crippen LogP contribution in [0.4, 0.5) is 0 Å². The molecule has 1 aliphatic carbocycles. The first-order valence-electron chi connectivity index (χ1n) is 6.39. The van der Waals surface area contributed by atoms with Crippen LogP contribution in [0, 0.1) is 5.92 Å². The number of ether oxygens (including phenoxy) is 2. The molecule has 104 valence electrons. The van der Waals surface area contributed by atoms with E-state index in [2.05, 4.69) is 0 Å². The maximum Gasteiger partial charge on any atom is 0.339 e. The Morgan fingerprint density at radius 1 is 1.53 bits per heavy atom. The molecule has 1 aliphatic rings. The van der Waals surface area contributed by atoms with E-state index in [0.717, 1.165) is 0 Å². The van der Waals surface area contributed by atoms with Gasteiger partial charge in [0.05, 0.1) is 18.2 Å². The summed E-state index contributed by atoms with van der Waals surface area (Å²) in [6, 6.07) is 5.02. The number of carbonyl (C=O) groups is 1. The standard InChI is InChI=1S/C14H17ClO4/c1-2-18-14(17)13(16)10-4-3-5-11(12(10)15)19-8-9-6-7-9/h3-5,9,13,16H,2,6-8H2,1H3. The largest absolute Gasteiger partial charge is 0.492 e. The Morgan fingerprint density at radius 3 is 2.89 bits per heavy atom. The normalized spacial score (nSPS) is 15.9. The SMILES string of the molecule is CCOC(=O)C(O)c1cccc(OCC2CC2)c1Cl. The number of aliphatic hydroxyl groups excluding tert-OH is 1. The average molecular weight is 285 g/mol. The molecule has 0 bridgehead atoms. The number of halogens is 1.